The van der Waals surface area contributed by atoms with Crippen LogP contribution in [0.25, 0.3) is 0 Å². The lowest BCUT2D eigenvalue weighted by molar-refractivity contribution is -0.205. The fourth-order valence-corrected chi connectivity index (χ4v) is 4.17. The Bertz CT molecular complexity index is 1400. The molecule has 0 fully saturated rings. The highest BCUT2D eigenvalue weighted by atomic mass is 35.5. The molecule has 40 heavy (non-hydrogen) atoms. The summed E-state index contributed by atoms with van der Waals surface area (Å²) >= 11 is 5.90. The van der Waals surface area contributed by atoms with E-state index in [4.69, 9.17) is 11.6 Å². The fourth-order valence-electron chi connectivity index (χ4n) is 4.05. The van der Waals surface area contributed by atoms with Gasteiger partial charge in [-0.15, -0.1) is 0 Å². The molecule has 9 nitrogen and oxygen atoms in total. The number of esters is 1. The lowest BCUT2D eigenvalue weighted by Crippen LogP contribution is -2.55. The molecule has 4 rings (SSSR count). The normalized spacial score (nSPS) is 14.2. The summed E-state index contributed by atoms with van der Waals surface area (Å²) in [5, 5.41) is 2.82. The summed E-state index contributed by atoms with van der Waals surface area (Å²) < 4.78 is 44.2. The third-order valence-electron chi connectivity index (χ3n) is 5.93. The number of anilines is 1. The molecule has 0 saturated heterocycles. The first-order valence-electron chi connectivity index (χ1n) is 11.9. The summed E-state index contributed by atoms with van der Waals surface area (Å²) in [4.78, 5) is 57.5. The number of rotatable bonds is 7. The Morgan fingerprint density at radius 1 is 1.02 bits per heavy atom. The number of para-hydroxylation sites is 1. The average Bonchev–Trinajstić information content (AvgIpc) is 3.07. The van der Waals surface area contributed by atoms with Gasteiger partial charge in [0.15, 0.2) is 0 Å². The Balaban J connectivity index is 1.65. The third kappa shape index (κ3) is 6.75. The number of carbonyl (C=O) groups is 4. The first kappa shape index (κ1) is 28.6. The number of alkyl halides is 3. The predicted molar refractivity (Wildman–Crippen MR) is 137 cm³/mol. The molecule has 0 bridgehead atoms. The number of hydrogen-bond acceptors (Lipinski definition) is 6. The second-order valence-electron chi connectivity index (χ2n) is 8.72. The van der Waals surface area contributed by atoms with E-state index in [2.05, 4.69) is 15.0 Å². The van der Waals surface area contributed by atoms with Gasteiger partial charge < -0.3 is 15.0 Å². The van der Waals surface area contributed by atoms with E-state index in [1.54, 1.807) is 36.7 Å². The molecule has 208 valence electrons. The molecule has 0 saturated carbocycles. The molecule has 3 aromatic rings. The summed E-state index contributed by atoms with van der Waals surface area (Å²) in [6.45, 7) is -0.767. The minimum atomic E-state index is -5.43. The van der Waals surface area contributed by atoms with Crippen molar-refractivity contribution >= 4 is 41.0 Å². The molecule has 1 atom stereocenters. The van der Waals surface area contributed by atoms with Crippen LogP contribution in [0.3, 0.4) is 0 Å². The minimum absolute atomic E-state index is 0.0151. The van der Waals surface area contributed by atoms with Gasteiger partial charge in [-0.3, -0.25) is 24.3 Å². The largest absolute Gasteiger partial charge is 0.491 e. The van der Waals surface area contributed by atoms with E-state index in [-0.39, 0.29) is 30.8 Å². The number of benzene rings is 2. The van der Waals surface area contributed by atoms with Crippen LogP contribution in [0.1, 0.15) is 21.5 Å². The maximum Gasteiger partial charge on any atom is 0.491 e. The summed E-state index contributed by atoms with van der Waals surface area (Å²) in [6.07, 6.45) is -4.36. The zero-order valence-electron chi connectivity index (χ0n) is 20.7. The lowest BCUT2D eigenvalue weighted by Gasteiger charge is -2.30. The molecule has 1 aromatic heterocycles. The van der Waals surface area contributed by atoms with Gasteiger partial charge in [-0.05, 0) is 53.9 Å². The number of pyridine rings is 1. The molecule has 2 heterocycles. The Labute approximate surface area is 231 Å². The van der Waals surface area contributed by atoms with Gasteiger partial charge >= 0.3 is 12.1 Å². The van der Waals surface area contributed by atoms with Gasteiger partial charge in [-0.25, -0.2) is 4.79 Å². The molecule has 3 amide bonds. The molecule has 0 spiro atoms. The second-order valence-corrected chi connectivity index (χ2v) is 9.15. The molecule has 1 aliphatic rings. The predicted octanol–water partition coefficient (Wildman–Crippen LogP) is 3.51. The summed E-state index contributed by atoms with van der Waals surface area (Å²) in [5.41, 5.74) is 1.31. The Kier molecular flexibility index (Phi) is 8.68. The molecule has 1 N–H and O–H groups in total. The monoisotopic (exact) mass is 574 g/mol. The highest BCUT2D eigenvalue weighted by molar-refractivity contribution is 6.30. The van der Waals surface area contributed by atoms with Crippen molar-refractivity contribution in [2.45, 2.75) is 25.4 Å². The van der Waals surface area contributed by atoms with Crippen LogP contribution in [0.5, 0.6) is 0 Å². The maximum absolute atomic E-state index is 13.5. The van der Waals surface area contributed by atoms with Crippen molar-refractivity contribution in [2.24, 2.45) is 0 Å². The number of ether oxygens (including phenoxy) is 1. The van der Waals surface area contributed by atoms with Crippen LogP contribution in [-0.4, -0.2) is 59.1 Å². The number of hydrogen-bond donors (Lipinski definition) is 1. The van der Waals surface area contributed by atoms with Gasteiger partial charge in [0.25, 0.3) is 18.0 Å². The fraction of sp³-hybridized carbons (Fsp3) is 0.222. The molecule has 1 aliphatic heterocycles. The van der Waals surface area contributed by atoms with Crippen LogP contribution >= 0.6 is 11.6 Å². The van der Waals surface area contributed by atoms with E-state index in [0.717, 1.165) is 5.56 Å². The van der Waals surface area contributed by atoms with E-state index in [9.17, 15) is 32.3 Å². The zero-order valence-corrected chi connectivity index (χ0v) is 21.5. The number of nitrogens with one attached hydrogen (secondary N) is 1. The quantitative estimate of drug-likeness (QED) is 0.433. The van der Waals surface area contributed by atoms with Gasteiger partial charge in [-0.2, -0.15) is 13.2 Å². The average molecular weight is 575 g/mol. The zero-order chi connectivity index (χ0) is 28.9. The lowest BCUT2D eigenvalue weighted by atomic mass is 10.1. The highest BCUT2D eigenvalue weighted by Crippen LogP contribution is 2.30. The number of halogens is 4. The first-order valence-corrected chi connectivity index (χ1v) is 12.3. The molecule has 1 unspecified atom stereocenters. The van der Waals surface area contributed by atoms with Crippen molar-refractivity contribution in [1.82, 2.24) is 15.2 Å². The van der Waals surface area contributed by atoms with Crippen molar-refractivity contribution in [2.75, 3.05) is 18.0 Å². The van der Waals surface area contributed by atoms with E-state index in [1.807, 2.05) is 0 Å². The third-order valence-corrected chi connectivity index (χ3v) is 6.18. The van der Waals surface area contributed by atoms with Crippen molar-refractivity contribution < 1.29 is 37.1 Å². The van der Waals surface area contributed by atoms with Gasteiger partial charge in [-0.1, -0.05) is 35.9 Å². The Morgan fingerprint density at radius 3 is 2.42 bits per heavy atom. The summed E-state index contributed by atoms with van der Waals surface area (Å²) in [5.74, 6) is -5.29. The SMILES string of the molecule is O=C(NCCc1cccnc1)C(OC(=O)C(F)(F)F)N1C(=O)CN(C(=O)c2ccc(Cl)cc2)Cc2ccccc21. The molecule has 0 radical (unpaired) electrons. The smallest absolute Gasteiger partial charge is 0.425 e. The number of nitrogens with zero attached hydrogens (tertiary/aromatic N) is 3. The summed E-state index contributed by atoms with van der Waals surface area (Å²) in [6, 6.07) is 15.4. The first-order chi connectivity index (χ1) is 19.0. The van der Waals surface area contributed by atoms with E-state index >= 15 is 0 Å². The van der Waals surface area contributed by atoms with Gasteiger partial charge in [0.2, 0.25) is 5.91 Å². The van der Waals surface area contributed by atoms with Crippen LogP contribution < -0.4 is 10.2 Å². The molecule has 2 aromatic carbocycles. The molecule has 0 aliphatic carbocycles. The standard InChI is InChI=1S/C27H22ClF3N4O5/c28-20-9-7-18(8-10-20)24(38)34-15-19-5-1-2-6-21(19)35(22(36)16-34)25(40-26(39)27(29,30)31)23(37)33-13-11-17-4-3-12-32-14-17/h1-10,12,14,25H,11,13,15-16H2,(H,33,37). The van der Waals surface area contributed by atoms with Gasteiger partial charge in [0, 0.05) is 36.1 Å². The van der Waals surface area contributed by atoms with Crippen molar-refractivity contribution in [3.63, 3.8) is 0 Å². The number of carbonyl (C=O) groups excluding carboxylic acids is 4. The maximum atomic E-state index is 13.5. The Hall–Kier alpha value is -4.45. The molecule has 13 heteroatoms. The minimum Gasteiger partial charge on any atom is -0.425 e. The Morgan fingerprint density at radius 2 is 1.75 bits per heavy atom. The summed E-state index contributed by atoms with van der Waals surface area (Å²) in [7, 11) is 0. The molecular formula is C27H22ClF3N4O5. The van der Waals surface area contributed by atoms with Crippen LogP contribution in [-0.2, 0) is 32.1 Å². The number of aromatic nitrogens is 1. The number of amides is 3. The van der Waals surface area contributed by atoms with E-state index in [0.29, 0.717) is 15.5 Å². The molecular weight excluding hydrogens is 553 g/mol. The van der Waals surface area contributed by atoms with Crippen LogP contribution in [0.15, 0.2) is 73.1 Å². The van der Waals surface area contributed by atoms with Crippen LogP contribution in [0, 0.1) is 0 Å². The van der Waals surface area contributed by atoms with Crippen molar-refractivity contribution in [3.8, 4) is 0 Å². The van der Waals surface area contributed by atoms with E-state index in [1.165, 1.54) is 41.3 Å². The van der Waals surface area contributed by atoms with Crippen molar-refractivity contribution in [1.29, 1.82) is 0 Å². The number of fused-ring (bicyclic) bond motifs is 1. The van der Waals surface area contributed by atoms with Gasteiger partial charge in [0.05, 0.1) is 5.69 Å². The van der Waals surface area contributed by atoms with Crippen LogP contribution in [0.4, 0.5) is 18.9 Å². The van der Waals surface area contributed by atoms with Crippen LogP contribution in [0.2, 0.25) is 5.02 Å². The van der Waals surface area contributed by atoms with E-state index < -0.39 is 42.6 Å². The van der Waals surface area contributed by atoms with Gasteiger partial charge in [0.1, 0.15) is 6.54 Å². The topological polar surface area (TPSA) is 109 Å². The van der Waals surface area contributed by atoms with Crippen molar-refractivity contribution in [3.05, 3.63) is 94.8 Å². The highest BCUT2D eigenvalue weighted by Gasteiger charge is 2.46. The second kappa shape index (κ2) is 12.2.